The first-order valence-electron chi connectivity index (χ1n) is 6.96. The third kappa shape index (κ3) is 2.84. The van der Waals surface area contributed by atoms with E-state index in [1.54, 1.807) is 18.6 Å². The molecule has 108 valence electrons. The zero-order valence-electron chi connectivity index (χ0n) is 11.9. The van der Waals surface area contributed by atoms with Gasteiger partial charge in [0.2, 0.25) is 0 Å². The van der Waals surface area contributed by atoms with E-state index in [2.05, 4.69) is 26.8 Å². The summed E-state index contributed by atoms with van der Waals surface area (Å²) < 4.78 is 0. The average Bonchev–Trinajstić information content (AvgIpc) is 2.56. The topological polar surface area (TPSA) is 62.2 Å². The van der Waals surface area contributed by atoms with Gasteiger partial charge in [-0.2, -0.15) is 0 Å². The van der Waals surface area contributed by atoms with E-state index in [0.29, 0.717) is 18.8 Å². The number of hydrogen-bond donors (Lipinski definition) is 0. The number of aromatic nitrogens is 3. The van der Waals surface area contributed by atoms with Crippen LogP contribution in [0.15, 0.2) is 37.1 Å². The van der Waals surface area contributed by atoms with Crippen LogP contribution in [-0.2, 0) is 0 Å². The van der Waals surface area contributed by atoms with E-state index in [9.17, 15) is 4.79 Å². The van der Waals surface area contributed by atoms with Gasteiger partial charge in [0.1, 0.15) is 5.69 Å². The van der Waals surface area contributed by atoms with E-state index in [-0.39, 0.29) is 5.91 Å². The molecule has 0 N–H and O–H groups in total. The molecule has 6 heteroatoms. The Morgan fingerprint density at radius 3 is 2.48 bits per heavy atom. The molecule has 6 nitrogen and oxygen atoms in total. The lowest BCUT2D eigenvalue weighted by Crippen LogP contribution is -2.49. The SMILES string of the molecule is Cc1cnccc1N1CCN(C(=O)c2cnccn2)CC1. The Hall–Kier alpha value is -2.50. The normalized spacial score (nSPS) is 15.1. The van der Waals surface area contributed by atoms with Gasteiger partial charge in [0.25, 0.3) is 5.91 Å². The summed E-state index contributed by atoms with van der Waals surface area (Å²) >= 11 is 0. The van der Waals surface area contributed by atoms with Crippen LogP contribution in [0, 0.1) is 6.92 Å². The third-order valence-electron chi connectivity index (χ3n) is 3.68. The van der Waals surface area contributed by atoms with Gasteiger partial charge in [-0.3, -0.25) is 14.8 Å². The maximum atomic E-state index is 12.3. The highest BCUT2D eigenvalue weighted by atomic mass is 16.2. The molecular weight excluding hydrogens is 266 g/mol. The van der Waals surface area contributed by atoms with E-state index < -0.39 is 0 Å². The number of rotatable bonds is 2. The second-order valence-corrected chi connectivity index (χ2v) is 5.03. The molecule has 0 aromatic carbocycles. The molecule has 0 aliphatic carbocycles. The number of anilines is 1. The Balaban J connectivity index is 1.66. The second-order valence-electron chi connectivity index (χ2n) is 5.03. The van der Waals surface area contributed by atoms with Crippen molar-refractivity contribution in [2.24, 2.45) is 0 Å². The molecule has 2 aromatic heterocycles. The fourth-order valence-electron chi connectivity index (χ4n) is 2.54. The van der Waals surface area contributed by atoms with Gasteiger partial charge in [-0.25, -0.2) is 4.98 Å². The van der Waals surface area contributed by atoms with Gasteiger partial charge >= 0.3 is 0 Å². The third-order valence-corrected chi connectivity index (χ3v) is 3.68. The molecule has 3 rings (SSSR count). The molecule has 1 saturated heterocycles. The zero-order valence-corrected chi connectivity index (χ0v) is 11.9. The molecule has 21 heavy (non-hydrogen) atoms. The number of hydrogen-bond acceptors (Lipinski definition) is 5. The predicted molar refractivity (Wildman–Crippen MR) is 79.1 cm³/mol. The summed E-state index contributed by atoms with van der Waals surface area (Å²) in [4.78, 5) is 28.6. The van der Waals surface area contributed by atoms with Crippen molar-refractivity contribution in [1.82, 2.24) is 19.9 Å². The van der Waals surface area contributed by atoms with Gasteiger partial charge in [-0.05, 0) is 18.6 Å². The van der Waals surface area contributed by atoms with E-state index in [4.69, 9.17) is 0 Å². The molecule has 1 amide bonds. The van der Waals surface area contributed by atoms with Gasteiger partial charge in [0, 0.05) is 56.7 Å². The lowest BCUT2D eigenvalue weighted by Gasteiger charge is -2.36. The molecule has 1 fully saturated rings. The standard InChI is InChI=1S/C15H17N5O/c1-12-10-16-3-2-14(12)19-6-8-20(9-7-19)15(21)13-11-17-4-5-18-13/h2-5,10-11H,6-9H2,1H3. The number of carbonyl (C=O) groups is 1. The molecule has 1 aliphatic heterocycles. The Bertz CT molecular complexity index is 623. The predicted octanol–water partition coefficient (Wildman–Crippen LogP) is 1.14. The van der Waals surface area contributed by atoms with Crippen molar-refractivity contribution < 1.29 is 4.79 Å². The summed E-state index contributed by atoms with van der Waals surface area (Å²) in [6, 6.07) is 2.02. The van der Waals surface area contributed by atoms with Crippen molar-refractivity contribution in [3.63, 3.8) is 0 Å². The number of nitrogens with zero attached hydrogens (tertiary/aromatic N) is 5. The number of carbonyl (C=O) groups excluding carboxylic acids is 1. The van der Waals surface area contributed by atoms with Crippen molar-refractivity contribution >= 4 is 11.6 Å². The Morgan fingerprint density at radius 2 is 1.81 bits per heavy atom. The van der Waals surface area contributed by atoms with Gasteiger partial charge in [0.05, 0.1) is 6.20 Å². The van der Waals surface area contributed by atoms with Gasteiger partial charge < -0.3 is 9.80 Å². The summed E-state index contributed by atoms with van der Waals surface area (Å²) in [7, 11) is 0. The molecule has 0 atom stereocenters. The monoisotopic (exact) mass is 283 g/mol. The molecule has 1 aliphatic rings. The van der Waals surface area contributed by atoms with E-state index in [1.807, 2.05) is 17.2 Å². The number of piperazine rings is 1. The van der Waals surface area contributed by atoms with Crippen LogP contribution in [0.5, 0.6) is 0 Å². The van der Waals surface area contributed by atoms with Crippen LogP contribution in [0.4, 0.5) is 5.69 Å². The minimum absolute atomic E-state index is 0.0470. The van der Waals surface area contributed by atoms with Crippen LogP contribution >= 0.6 is 0 Å². The van der Waals surface area contributed by atoms with E-state index >= 15 is 0 Å². The highest BCUT2D eigenvalue weighted by molar-refractivity contribution is 5.92. The van der Waals surface area contributed by atoms with Crippen LogP contribution in [0.3, 0.4) is 0 Å². The summed E-state index contributed by atoms with van der Waals surface area (Å²) in [5, 5.41) is 0. The Labute approximate surface area is 123 Å². The summed E-state index contributed by atoms with van der Waals surface area (Å²) in [6.45, 7) is 5.07. The minimum atomic E-state index is -0.0470. The lowest BCUT2D eigenvalue weighted by molar-refractivity contribution is 0.0740. The summed E-state index contributed by atoms with van der Waals surface area (Å²) in [5.41, 5.74) is 2.76. The first-order chi connectivity index (χ1) is 10.3. The van der Waals surface area contributed by atoms with Crippen molar-refractivity contribution in [1.29, 1.82) is 0 Å². The molecule has 0 saturated carbocycles. The maximum absolute atomic E-state index is 12.3. The molecule has 0 radical (unpaired) electrons. The molecule has 2 aromatic rings. The summed E-state index contributed by atoms with van der Waals surface area (Å²) in [6.07, 6.45) is 8.30. The van der Waals surface area contributed by atoms with Crippen molar-refractivity contribution in [2.45, 2.75) is 6.92 Å². The smallest absolute Gasteiger partial charge is 0.274 e. The summed E-state index contributed by atoms with van der Waals surface area (Å²) in [5.74, 6) is -0.0470. The quantitative estimate of drug-likeness (QED) is 0.827. The first-order valence-corrected chi connectivity index (χ1v) is 6.96. The largest absolute Gasteiger partial charge is 0.368 e. The van der Waals surface area contributed by atoms with Gasteiger partial charge in [-0.15, -0.1) is 0 Å². The van der Waals surface area contributed by atoms with Crippen LogP contribution in [-0.4, -0.2) is 51.9 Å². The first kappa shape index (κ1) is 13.5. The Morgan fingerprint density at radius 1 is 1.05 bits per heavy atom. The van der Waals surface area contributed by atoms with Gasteiger partial charge in [0.15, 0.2) is 0 Å². The zero-order chi connectivity index (χ0) is 14.7. The van der Waals surface area contributed by atoms with E-state index in [0.717, 1.165) is 18.7 Å². The maximum Gasteiger partial charge on any atom is 0.274 e. The molecule has 3 heterocycles. The van der Waals surface area contributed by atoms with Gasteiger partial charge in [-0.1, -0.05) is 0 Å². The lowest BCUT2D eigenvalue weighted by atomic mass is 10.2. The Kier molecular flexibility index (Phi) is 3.77. The molecular formula is C15H17N5O. The van der Waals surface area contributed by atoms with Crippen LogP contribution < -0.4 is 4.90 Å². The van der Waals surface area contributed by atoms with Crippen LogP contribution in [0.25, 0.3) is 0 Å². The number of pyridine rings is 1. The molecule has 0 spiro atoms. The average molecular weight is 283 g/mol. The van der Waals surface area contributed by atoms with E-state index in [1.165, 1.54) is 11.9 Å². The molecule has 0 bridgehead atoms. The fourth-order valence-corrected chi connectivity index (χ4v) is 2.54. The van der Waals surface area contributed by atoms with Crippen molar-refractivity contribution in [3.05, 3.63) is 48.3 Å². The second kappa shape index (κ2) is 5.87. The number of aryl methyl sites for hydroxylation is 1. The van der Waals surface area contributed by atoms with Crippen LogP contribution in [0.1, 0.15) is 16.1 Å². The van der Waals surface area contributed by atoms with Crippen molar-refractivity contribution in [3.8, 4) is 0 Å². The number of amides is 1. The minimum Gasteiger partial charge on any atom is -0.368 e. The van der Waals surface area contributed by atoms with Crippen molar-refractivity contribution in [2.75, 3.05) is 31.1 Å². The highest BCUT2D eigenvalue weighted by Crippen LogP contribution is 2.20. The molecule has 0 unspecified atom stereocenters. The highest BCUT2D eigenvalue weighted by Gasteiger charge is 2.23. The fraction of sp³-hybridized carbons (Fsp3) is 0.333. The van der Waals surface area contributed by atoms with Crippen LogP contribution in [0.2, 0.25) is 0 Å².